The van der Waals surface area contributed by atoms with E-state index in [1.165, 1.54) is 0 Å². The molecule has 2 heterocycles. The number of aliphatic imine (C=N–C) groups is 1. The number of hydrogen-bond acceptors (Lipinski definition) is 4. The Morgan fingerprint density at radius 3 is 2.71 bits per heavy atom. The van der Waals surface area contributed by atoms with E-state index in [0.717, 1.165) is 28.7 Å². The van der Waals surface area contributed by atoms with Crippen molar-refractivity contribution in [1.82, 2.24) is 9.88 Å². The molecular formula is C18H18ClN3OS. The van der Waals surface area contributed by atoms with Crippen molar-refractivity contribution in [1.29, 1.82) is 0 Å². The lowest BCUT2D eigenvalue weighted by molar-refractivity contribution is 0.0819. The van der Waals surface area contributed by atoms with Crippen molar-refractivity contribution in [2.75, 3.05) is 5.75 Å². The number of halogens is 1. The number of rotatable bonds is 3. The first-order valence-corrected chi connectivity index (χ1v) is 9.18. The molecule has 124 valence electrons. The molecular weight excluding hydrogens is 342 g/mol. The smallest absolute Gasteiger partial charge is 0.261 e. The van der Waals surface area contributed by atoms with E-state index < -0.39 is 0 Å². The molecule has 0 bridgehead atoms. The van der Waals surface area contributed by atoms with Crippen molar-refractivity contribution in [3.05, 3.63) is 58.9 Å². The van der Waals surface area contributed by atoms with Crippen LogP contribution in [0.25, 0.3) is 0 Å². The van der Waals surface area contributed by atoms with Gasteiger partial charge in [0.2, 0.25) is 0 Å². The topological polar surface area (TPSA) is 45.6 Å². The first-order chi connectivity index (χ1) is 11.6. The number of hydrogen-bond donors (Lipinski definition) is 0. The van der Waals surface area contributed by atoms with E-state index in [1.54, 1.807) is 35.0 Å². The number of thioether (sulfide) groups is 1. The SMILES string of the molecule is CCC1CSC(=Nc2ccc(Cl)cc2)N1C(=O)c1ccc(C)nc1. The lowest BCUT2D eigenvalue weighted by Gasteiger charge is -2.23. The van der Waals surface area contributed by atoms with Gasteiger partial charge in [0.25, 0.3) is 5.91 Å². The summed E-state index contributed by atoms with van der Waals surface area (Å²) in [5, 5.41) is 1.40. The molecule has 1 aromatic heterocycles. The standard InChI is InChI=1S/C18H18ClN3OS/c1-3-16-11-24-18(21-15-8-6-14(19)7-9-15)22(16)17(23)13-5-4-12(2)20-10-13/h4-10,16H,3,11H2,1-2H3. The van der Waals surface area contributed by atoms with Gasteiger partial charge in [0.15, 0.2) is 5.17 Å². The molecule has 0 aliphatic carbocycles. The maximum absolute atomic E-state index is 13.0. The Balaban J connectivity index is 1.92. The van der Waals surface area contributed by atoms with E-state index in [0.29, 0.717) is 10.6 Å². The third kappa shape index (κ3) is 3.62. The van der Waals surface area contributed by atoms with Crippen LogP contribution < -0.4 is 0 Å². The average Bonchev–Trinajstić information content (AvgIpc) is 2.99. The maximum Gasteiger partial charge on any atom is 0.261 e. The summed E-state index contributed by atoms with van der Waals surface area (Å²) in [5.74, 6) is 0.806. The summed E-state index contributed by atoms with van der Waals surface area (Å²) in [6.07, 6.45) is 2.52. The van der Waals surface area contributed by atoms with Crippen LogP contribution in [0.3, 0.4) is 0 Å². The number of carbonyl (C=O) groups excluding carboxylic acids is 1. The summed E-state index contributed by atoms with van der Waals surface area (Å²) in [6.45, 7) is 3.99. The van der Waals surface area contributed by atoms with Gasteiger partial charge in [-0.2, -0.15) is 0 Å². The number of amides is 1. The molecule has 2 aromatic rings. The number of carbonyl (C=O) groups is 1. The van der Waals surface area contributed by atoms with Crippen molar-refractivity contribution in [3.8, 4) is 0 Å². The van der Waals surface area contributed by atoms with Crippen LogP contribution in [0.15, 0.2) is 47.6 Å². The number of nitrogens with zero attached hydrogens (tertiary/aromatic N) is 3. The predicted molar refractivity (Wildman–Crippen MR) is 100 cm³/mol. The molecule has 6 heteroatoms. The number of pyridine rings is 1. The Morgan fingerprint density at radius 1 is 1.33 bits per heavy atom. The third-order valence-electron chi connectivity index (χ3n) is 3.88. The highest BCUT2D eigenvalue weighted by Crippen LogP contribution is 2.30. The van der Waals surface area contributed by atoms with Gasteiger partial charge in [-0.3, -0.25) is 14.7 Å². The lowest BCUT2D eigenvalue weighted by Crippen LogP contribution is -2.39. The molecule has 1 unspecified atom stereocenters. The highest BCUT2D eigenvalue weighted by atomic mass is 35.5. The largest absolute Gasteiger partial charge is 0.283 e. The summed E-state index contributed by atoms with van der Waals surface area (Å²) in [4.78, 5) is 23.6. The van der Waals surface area contributed by atoms with Crippen LogP contribution in [0.5, 0.6) is 0 Å². The van der Waals surface area contributed by atoms with Gasteiger partial charge in [0.05, 0.1) is 11.3 Å². The first-order valence-electron chi connectivity index (χ1n) is 7.81. The lowest BCUT2D eigenvalue weighted by atomic mass is 10.2. The van der Waals surface area contributed by atoms with E-state index >= 15 is 0 Å². The Labute approximate surface area is 150 Å². The van der Waals surface area contributed by atoms with Crippen molar-refractivity contribution in [2.45, 2.75) is 26.3 Å². The highest BCUT2D eigenvalue weighted by Gasteiger charge is 2.34. The van der Waals surface area contributed by atoms with E-state index in [-0.39, 0.29) is 11.9 Å². The van der Waals surface area contributed by atoms with Crippen molar-refractivity contribution >= 4 is 40.1 Å². The fraction of sp³-hybridized carbons (Fsp3) is 0.278. The molecule has 1 amide bonds. The number of aromatic nitrogens is 1. The van der Waals surface area contributed by atoms with Crippen LogP contribution in [0.2, 0.25) is 5.02 Å². The molecule has 1 fully saturated rings. The molecule has 1 aliphatic rings. The fourth-order valence-electron chi connectivity index (χ4n) is 2.47. The second-order valence-electron chi connectivity index (χ2n) is 5.61. The van der Waals surface area contributed by atoms with Gasteiger partial charge in [-0.05, 0) is 49.7 Å². The summed E-state index contributed by atoms with van der Waals surface area (Å²) in [5.41, 5.74) is 2.27. The number of amidine groups is 1. The Morgan fingerprint density at radius 2 is 2.08 bits per heavy atom. The summed E-state index contributed by atoms with van der Waals surface area (Å²) in [6, 6.07) is 11.1. The minimum absolute atomic E-state index is 0.0490. The molecule has 0 N–H and O–H groups in total. The number of benzene rings is 1. The maximum atomic E-state index is 13.0. The van der Waals surface area contributed by atoms with Crippen LogP contribution in [0.4, 0.5) is 5.69 Å². The zero-order valence-corrected chi connectivity index (χ0v) is 15.1. The van der Waals surface area contributed by atoms with Crippen molar-refractivity contribution in [2.24, 2.45) is 4.99 Å². The van der Waals surface area contributed by atoms with Gasteiger partial charge in [-0.15, -0.1) is 0 Å². The second-order valence-corrected chi connectivity index (χ2v) is 7.03. The Bertz CT molecular complexity index is 759. The summed E-state index contributed by atoms with van der Waals surface area (Å²) >= 11 is 7.53. The van der Waals surface area contributed by atoms with Crippen LogP contribution >= 0.6 is 23.4 Å². The fourth-order valence-corrected chi connectivity index (χ4v) is 3.86. The van der Waals surface area contributed by atoms with E-state index in [9.17, 15) is 4.79 Å². The molecule has 0 radical (unpaired) electrons. The first kappa shape index (κ1) is 17.0. The van der Waals surface area contributed by atoms with E-state index in [2.05, 4.69) is 16.9 Å². The molecule has 1 aliphatic heterocycles. The van der Waals surface area contributed by atoms with Crippen LogP contribution in [0.1, 0.15) is 29.4 Å². The molecule has 1 aromatic carbocycles. The van der Waals surface area contributed by atoms with Gasteiger partial charge in [-0.1, -0.05) is 30.3 Å². The normalized spacial score (nSPS) is 19.0. The van der Waals surface area contributed by atoms with Gasteiger partial charge in [-0.25, -0.2) is 4.99 Å². The third-order valence-corrected chi connectivity index (χ3v) is 5.23. The molecule has 24 heavy (non-hydrogen) atoms. The van der Waals surface area contributed by atoms with Crippen LogP contribution in [0, 0.1) is 6.92 Å². The van der Waals surface area contributed by atoms with Crippen molar-refractivity contribution in [3.63, 3.8) is 0 Å². The van der Waals surface area contributed by atoms with Crippen LogP contribution in [-0.4, -0.2) is 32.8 Å². The zero-order chi connectivity index (χ0) is 17.1. The molecule has 1 saturated heterocycles. The minimum Gasteiger partial charge on any atom is -0.283 e. The molecule has 0 saturated carbocycles. The van der Waals surface area contributed by atoms with E-state index in [4.69, 9.17) is 11.6 Å². The van der Waals surface area contributed by atoms with Gasteiger partial charge in [0, 0.05) is 28.7 Å². The Kier molecular flexibility index (Phi) is 5.21. The average molecular weight is 360 g/mol. The van der Waals surface area contributed by atoms with Gasteiger partial charge in [0.1, 0.15) is 0 Å². The highest BCUT2D eigenvalue weighted by molar-refractivity contribution is 8.14. The summed E-state index contributed by atoms with van der Waals surface area (Å²) < 4.78 is 0. The zero-order valence-electron chi connectivity index (χ0n) is 13.6. The predicted octanol–water partition coefficient (Wildman–Crippen LogP) is 4.70. The molecule has 4 nitrogen and oxygen atoms in total. The Hall–Kier alpha value is -1.85. The second kappa shape index (κ2) is 7.36. The van der Waals surface area contributed by atoms with Crippen molar-refractivity contribution < 1.29 is 4.79 Å². The van der Waals surface area contributed by atoms with E-state index in [1.807, 2.05) is 31.2 Å². The quantitative estimate of drug-likeness (QED) is 0.798. The summed E-state index contributed by atoms with van der Waals surface area (Å²) in [7, 11) is 0. The monoisotopic (exact) mass is 359 g/mol. The molecule has 3 rings (SSSR count). The number of aryl methyl sites for hydroxylation is 1. The van der Waals surface area contributed by atoms with Crippen LogP contribution in [-0.2, 0) is 0 Å². The molecule has 0 spiro atoms. The van der Waals surface area contributed by atoms with Gasteiger partial charge >= 0.3 is 0 Å². The van der Waals surface area contributed by atoms with Gasteiger partial charge < -0.3 is 0 Å². The minimum atomic E-state index is -0.0490. The molecule has 1 atom stereocenters.